The molecule has 1 fully saturated rings. The number of benzene rings is 1. The summed E-state index contributed by atoms with van der Waals surface area (Å²) >= 11 is 0. The van der Waals surface area contributed by atoms with Crippen LogP contribution < -0.4 is 0 Å². The molecule has 0 atom stereocenters. The Kier molecular flexibility index (Phi) is 5.35. The van der Waals surface area contributed by atoms with Crippen molar-refractivity contribution in [2.75, 3.05) is 19.6 Å². The highest BCUT2D eigenvalue weighted by molar-refractivity contribution is 7.92. The Labute approximate surface area is 133 Å². The number of piperidine rings is 1. The summed E-state index contributed by atoms with van der Waals surface area (Å²) in [7, 11) is -5.67. The van der Waals surface area contributed by atoms with E-state index in [2.05, 4.69) is 11.8 Å². The largest absolute Gasteiger partial charge is 0.502 e. The number of alkyl halides is 3. The highest BCUT2D eigenvalue weighted by Gasteiger charge is 2.48. The molecule has 0 saturated carbocycles. The lowest BCUT2D eigenvalue weighted by molar-refractivity contribution is -0.0437. The van der Waals surface area contributed by atoms with E-state index in [4.69, 9.17) is 0 Å². The SMILES string of the molecule is CCCN1CCC(c2cccc(S(=O)(=O)C(F)(F)F)c2F)CC1. The minimum atomic E-state index is -5.67. The summed E-state index contributed by atoms with van der Waals surface area (Å²) in [4.78, 5) is 0.934. The maximum Gasteiger partial charge on any atom is 0.502 e. The number of hydrogen-bond acceptors (Lipinski definition) is 3. The Hall–Kier alpha value is -1.15. The number of likely N-dealkylation sites (tertiary alicyclic amines) is 1. The van der Waals surface area contributed by atoms with Crippen LogP contribution in [0.15, 0.2) is 23.1 Å². The van der Waals surface area contributed by atoms with Gasteiger partial charge in [-0.05, 0) is 56.4 Å². The molecular weight excluding hydrogens is 334 g/mol. The predicted octanol–water partition coefficient (Wildman–Crippen LogP) is 3.71. The second-order valence-corrected chi connectivity index (χ2v) is 7.63. The lowest BCUT2D eigenvalue weighted by Gasteiger charge is -2.32. The molecule has 0 bridgehead atoms. The quantitative estimate of drug-likeness (QED) is 0.775. The molecule has 1 heterocycles. The topological polar surface area (TPSA) is 37.4 Å². The van der Waals surface area contributed by atoms with Gasteiger partial charge < -0.3 is 4.90 Å². The van der Waals surface area contributed by atoms with Gasteiger partial charge in [0, 0.05) is 0 Å². The van der Waals surface area contributed by atoms with Crippen molar-refractivity contribution in [1.29, 1.82) is 0 Å². The van der Waals surface area contributed by atoms with Gasteiger partial charge in [-0.3, -0.25) is 0 Å². The van der Waals surface area contributed by atoms with E-state index in [1.165, 1.54) is 12.1 Å². The molecule has 0 spiro atoms. The number of rotatable bonds is 4. The van der Waals surface area contributed by atoms with Crippen LogP contribution in [-0.2, 0) is 9.84 Å². The van der Waals surface area contributed by atoms with Crippen LogP contribution in [0.25, 0.3) is 0 Å². The zero-order valence-corrected chi connectivity index (χ0v) is 13.6. The van der Waals surface area contributed by atoms with Gasteiger partial charge in [0.25, 0.3) is 9.84 Å². The van der Waals surface area contributed by atoms with E-state index in [1.54, 1.807) is 0 Å². The van der Waals surface area contributed by atoms with Gasteiger partial charge in [-0.25, -0.2) is 12.8 Å². The van der Waals surface area contributed by atoms with Gasteiger partial charge in [0.1, 0.15) is 10.7 Å². The summed E-state index contributed by atoms with van der Waals surface area (Å²) in [6.45, 7) is 4.44. The lowest BCUT2D eigenvalue weighted by Crippen LogP contribution is -2.33. The van der Waals surface area contributed by atoms with Gasteiger partial charge in [0.05, 0.1) is 0 Å². The minimum Gasteiger partial charge on any atom is -0.303 e. The first-order chi connectivity index (χ1) is 10.7. The number of hydrogen-bond donors (Lipinski definition) is 0. The first-order valence-electron chi connectivity index (χ1n) is 7.50. The summed E-state index contributed by atoms with van der Waals surface area (Å²) in [6.07, 6.45) is 2.21. The molecule has 1 aromatic rings. The van der Waals surface area contributed by atoms with E-state index in [0.29, 0.717) is 18.9 Å². The molecule has 1 saturated heterocycles. The van der Waals surface area contributed by atoms with E-state index in [9.17, 15) is 26.0 Å². The second-order valence-electron chi connectivity index (χ2n) is 5.72. The maximum atomic E-state index is 14.4. The van der Waals surface area contributed by atoms with Crippen LogP contribution in [-0.4, -0.2) is 38.5 Å². The first kappa shape index (κ1) is 18.2. The van der Waals surface area contributed by atoms with Gasteiger partial charge in [-0.2, -0.15) is 13.2 Å². The molecule has 1 aliphatic rings. The molecule has 2 rings (SSSR count). The van der Waals surface area contributed by atoms with Crippen molar-refractivity contribution in [3.8, 4) is 0 Å². The molecule has 0 unspecified atom stereocenters. The highest BCUT2D eigenvalue weighted by Crippen LogP contribution is 2.36. The molecule has 0 aromatic heterocycles. The van der Waals surface area contributed by atoms with E-state index in [0.717, 1.165) is 26.1 Å². The first-order valence-corrected chi connectivity index (χ1v) is 8.99. The average molecular weight is 353 g/mol. The average Bonchev–Trinajstić information content (AvgIpc) is 2.47. The molecule has 1 aliphatic heterocycles. The van der Waals surface area contributed by atoms with Crippen molar-refractivity contribution >= 4 is 9.84 Å². The van der Waals surface area contributed by atoms with Gasteiger partial charge >= 0.3 is 5.51 Å². The monoisotopic (exact) mass is 353 g/mol. The van der Waals surface area contributed by atoms with E-state index >= 15 is 0 Å². The molecule has 0 N–H and O–H groups in total. The Bertz CT molecular complexity index is 650. The third-order valence-corrected chi connectivity index (χ3v) is 5.66. The summed E-state index contributed by atoms with van der Waals surface area (Å²) in [6, 6.07) is 3.23. The maximum absolute atomic E-state index is 14.4. The van der Waals surface area contributed by atoms with Gasteiger partial charge in [-0.15, -0.1) is 0 Å². The second kappa shape index (κ2) is 6.76. The van der Waals surface area contributed by atoms with Crippen molar-refractivity contribution in [3.05, 3.63) is 29.6 Å². The summed E-state index contributed by atoms with van der Waals surface area (Å²) in [5.41, 5.74) is -5.44. The Balaban J connectivity index is 2.28. The van der Waals surface area contributed by atoms with Gasteiger partial charge in [0.2, 0.25) is 0 Å². The number of sulfone groups is 1. The number of nitrogens with zero attached hydrogens (tertiary/aromatic N) is 1. The van der Waals surface area contributed by atoms with Crippen LogP contribution >= 0.6 is 0 Å². The Morgan fingerprint density at radius 1 is 1.22 bits per heavy atom. The van der Waals surface area contributed by atoms with Crippen molar-refractivity contribution in [1.82, 2.24) is 4.90 Å². The molecule has 23 heavy (non-hydrogen) atoms. The smallest absolute Gasteiger partial charge is 0.303 e. The molecule has 0 aliphatic carbocycles. The fraction of sp³-hybridized carbons (Fsp3) is 0.600. The lowest BCUT2D eigenvalue weighted by atomic mass is 9.89. The molecule has 8 heteroatoms. The van der Waals surface area contributed by atoms with Gasteiger partial charge in [-0.1, -0.05) is 19.1 Å². The highest BCUT2D eigenvalue weighted by atomic mass is 32.2. The Morgan fingerprint density at radius 3 is 2.35 bits per heavy atom. The molecule has 0 radical (unpaired) electrons. The van der Waals surface area contributed by atoms with Crippen LogP contribution in [0, 0.1) is 5.82 Å². The Morgan fingerprint density at radius 2 is 1.83 bits per heavy atom. The standard InChI is InChI=1S/C15H19F4NO2S/c1-2-8-20-9-6-11(7-10-20)12-4-3-5-13(14(12)16)23(21,22)15(17,18)19/h3-5,11H,2,6-10H2,1H3. The number of halogens is 4. The van der Waals surface area contributed by atoms with Crippen molar-refractivity contribution < 1.29 is 26.0 Å². The molecule has 130 valence electrons. The fourth-order valence-electron chi connectivity index (χ4n) is 2.96. The zero-order chi connectivity index (χ0) is 17.3. The normalized spacial score (nSPS) is 18.3. The third-order valence-electron chi connectivity index (χ3n) is 4.15. The zero-order valence-electron chi connectivity index (χ0n) is 12.7. The van der Waals surface area contributed by atoms with Crippen molar-refractivity contribution in [3.63, 3.8) is 0 Å². The summed E-state index contributed by atoms with van der Waals surface area (Å²) in [5.74, 6) is -1.52. The van der Waals surface area contributed by atoms with Gasteiger partial charge in [0.15, 0.2) is 0 Å². The summed E-state index contributed by atoms with van der Waals surface area (Å²) in [5, 5.41) is 0. The van der Waals surface area contributed by atoms with E-state index < -0.39 is 26.1 Å². The van der Waals surface area contributed by atoms with E-state index in [-0.39, 0.29) is 11.5 Å². The molecular formula is C15H19F4NO2S. The third kappa shape index (κ3) is 3.68. The van der Waals surface area contributed by atoms with Crippen LogP contribution in [0.2, 0.25) is 0 Å². The molecule has 3 nitrogen and oxygen atoms in total. The fourth-order valence-corrected chi connectivity index (χ4v) is 3.82. The predicted molar refractivity (Wildman–Crippen MR) is 78.3 cm³/mol. The molecule has 0 amide bonds. The van der Waals surface area contributed by atoms with Crippen LogP contribution in [0.3, 0.4) is 0 Å². The van der Waals surface area contributed by atoms with Crippen molar-refractivity contribution in [2.24, 2.45) is 0 Å². The van der Waals surface area contributed by atoms with Crippen LogP contribution in [0.5, 0.6) is 0 Å². The molecule has 1 aromatic carbocycles. The summed E-state index contributed by atoms with van der Waals surface area (Å²) < 4.78 is 75.3. The van der Waals surface area contributed by atoms with Crippen molar-refractivity contribution in [2.45, 2.75) is 42.5 Å². The van der Waals surface area contributed by atoms with E-state index in [1.807, 2.05) is 0 Å². The van der Waals surface area contributed by atoms with Crippen LogP contribution in [0.1, 0.15) is 37.7 Å². The minimum absolute atomic E-state index is 0.0615. The van der Waals surface area contributed by atoms with Crippen LogP contribution in [0.4, 0.5) is 17.6 Å².